The lowest BCUT2D eigenvalue weighted by atomic mass is 9.86. The summed E-state index contributed by atoms with van der Waals surface area (Å²) in [5.41, 5.74) is 0. The molecule has 3 heteroatoms. The van der Waals surface area contributed by atoms with Gasteiger partial charge in [0.25, 0.3) is 0 Å². The predicted molar refractivity (Wildman–Crippen MR) is 93.1 cm³/mol. The van der Waals surface area contributed by atoms with Crippen molar-refractivity contribution in [3.63, 3.8) is 0 Å². The van der Waals surface area contributed by atoms with Crippen molar-refractivity contribution in [3.8, 4) is 0 Å². The van der Waals surface area contributed by atoms with Gasteiger partial charge in [0, 0.05) is 12.3 Å². The molecule has 0 aromatic rings. The van der Waals surface area contributed by atoms with Crippen molar-refractivity contribution in [2.45, 2.75) is 94.5 Å². The van der Waals surface area contributed by atoms with E-state index in [4.69, 9.17) is 4.74 Å². The fourth-order valence-electron chi connectivity index (χ4n) is 2.56. The highest BCUT2D eigenvalue weighted by atomic mass is 127. The zero-order valence-corrected chi connectivity index (χ0v) is 15.2. The molecule has 0 saturated heterocycles. The minimum atomic E-state index is 0.0132. The molecule has 1 rings (SSSR count). The Labute approximate surface area is 138 Å². The van der Waals surface area contributed by atoms with Crippen LogP contribution in [0, 0.1) is 5.92 Å². The van der Waals surface area contributed by atoms with Crippen molar-refractivity contribution in [2.75, 3.05) is 0 Å². The Balaban J connectivity index is 1.84. The SMILES string of the molecule is CCCCCCCCCCCC(=O)OC(I)C1CCC1. The number of alkyl halides is 1. The number of unbranched alkanes of at least 4 members (excludes halogenated alkanes) is 8. The number of hydrogen-bond donors (Lipinski definition) is 0. The molecule has 1 unspecified atom stereocenters. The predicted octanol–water partition coefficient (Wildman–Crippen LogP) is 6.01. The summed E-state index contributed by atoms with van der Waals surface area (Å²) in [7, 11) is 0. The normalized spacial score (nSPS) is 16.7. The van der Waals surface area contributed by atoms with Gasteiger partial charge in [-0.15, -0.1) is 0 Å². The fraction of sp³-hybridized carbons (Fsp3) is 0.941. The second-order valence-corrected chi connectivity index (χ2v) is 7.34. The van der Waals surface area contributed by atoms with Crippen LogP contribution in [0.15, 0.2) is 0 Å². The summed E-state index contributed by atoms with van der Waals surface area (Å²) in [6.07, 6.45) is 16.0. The molecule has 0 radical (unpaired) electrons. The standard InChI is InChI=1S/C17H31IO2/c1-2-3-4-5-6-7-8-9-10-14-16(19)20-17(18)15-12-11-13-15/h15,17H,2-14H2,1H3. The van der Waals surface area contributed by atoms with Gasteiger partial charge in [-0.3, -0.25) is 4.79 Å². The van der Waals surface area contributed by atoms with Crippen LogP contribution in [0.4, 0.5) is 0 Å². The molecule has 0 bridgehead atoms. The average Bonchev–Trinajstić information content (AvgIpc) is 2.34. The molecule has 1 saturated carbocycles. The van der Waals surface area contributed by atoms with Crippen molar-refractivity contribution in [1.29, 1.82) is 0 Å². The Bertz CT molecular complexity index is 251. The number of carbonyl (C=O) groups is 1. The van der Waals surface area contributed by atoms with Gasteiger partial charge in [0.2, 0.25) is 0 Å². The van der Waals surface area contributed by atoms with Crippen LogP contribution in [0.5, 0.6) is 0 Å². The quantitative estimate of drug-likeness (QED) is 0.175. The van der Waals surface area contributed by atoms with Crippen molar-refractivity contribution >= 4 is 28.6 Å². The average molecular weight is 394 g/mol. The lowest BCUT2D eigenvalue weighted by molar-refractivity contribution is -0.147. The second-order valence-electron chi connectivity index (χ2n) is 6.11. The highest BCUT2D eigenvalue weighted by Crippen LogP contribution is 2.34. The van der Waals surface area contributed by atoms with Crippen molar-refractivity contribution in [3.05, 3.63) is 0 Å². The summed E-state index contributed by atoms with van der Waals surface area (Å²) in [4.78, 5) is 11.7. The Morgan fingerprint density at radius 1 is 1.05 bits per heavy atom. The van der Waals surface area contributed by atoms with Gasteiger partial charge < -0.3 is 4.74 Å². The lowest BCUT2D eigenvalue weighted by Crippen LogP contribution is -2.26. The molecule has 0 aromatic heterocycles. The van der Waals surface area contributed by atoms with E-state index in [9.17, 15) is 4.79 Å². The van der Waals surface area contributed by atoms with E-state index in [-0.39, 0.29) is 10.1 Å². The molecule has 0 aliphatic heterocycles. The first-order valence-electron chi connectivity index (χ1n) is 8.57. The maximum atomic E-state index is 11.7. The molecule has 2 nitrogen and oxygen atoms in total. The number of esters is 1. The van der Waals surface area contributed by atoms with Crippen LogP contribution in [-0.4, -0.2) is 10.1 Å². The third-order valence-corrected chi connectivity index (χ3v) is 5.52. The Kier molecular flexibility index (Phi) is 10.8. The highest BCUT2D eigenvalue weighted by molar-refractivity contribution is 14.1. The van der Waals surface area contributed by atoms with E-state index >= 15 is 0 Å². The minimum absolute atomic E-state index is 0.0132. The summed E-state index contributed by atoms with van der Waals surface area (Å²) < 4.78 is 5.59. The molecule has 20 heavy (non-hydrogen) atoms. The van der Waals surface area contributed by atoms with Crippen molar-refractivity contribution in [2.24, 2.45) is 5.92 Å². The van der Waals surface area contributed by atoms with Gasteiger partial charge in [0.15, 0.2) is 4.11 Å². The summed E-state index contributed by atoms with van der Waals surface area (Å²) in [5, 5.41) is 0. The smallest absolute Gasteiger partial charge is 0.306 e. The molecule has 1 atom stereocenters. The van der Waals surface area contributed by atoms with Gasteiger partial charge >= 0.3 is 5.97 Å². The van der Waals surface area contributed by atoms with Gasteiger partial charge in [-0.25, -0.2) is 0 Å². The van der Waals surface area contributed by atoms with Crippen LogP contribution < -0.4 is 0 Å². The van der Waals surface area contributed by atoms with Gasteiger partial charge in [0.1, 0.15) is 0 Å². The molecular formula is C17H31IO2. The first-order valence-corrected chi connectivity index (χ1v) is 9.82. The Hall–Kier alpha value is 0.200. The molecule has 0 spiro atoms. The van der Waals surface area contributed by atoms with Crippen molar-refractivity contribution < 1.29 is 9.53 Å². The van der Waals surface area contributed by atoms with E-state index in [1.165, 1.54) is 70.6 Å². The lowest BCUT2D eigenvalue weighted by Gasteiger charge is -2.29. The molecule has 0 N–H and O–H groups in total. The van der Waals surface area contributed by atoms with E-state index in [1.54, 1.807) is 0 Å². The summed E-state index contributed by atoms with van der Waals surface area (Å²) in [6, 6.07) is 0. The van der Waals surface area contributed by atoms with Crippen LogP contribution in [-0.2, 0) is 9.53 Å². The van der Waals surface area contributed by atoms with E-state index < -0.39 is 0 Å². The highest BCUT2D eigenvalue weighted by Gasteiger charge is 2.27. The minimum Gasteiger partial charge on any atom is -0.451 e. The maximum Gasteiger partial charge on any atom is 0.306 e. The van der Waals surface area contributed by atoms with Crippen LogP contribution in [0.25, 0.3) is 0 Å². The van der Waals surface area contributed by atoms with E-state index in [0.29, 0.717) is 12.3 Å². The number of ether oxygens (including phenoxy) is 1. The monoisotopic (exact) mass is 394 g/mol. The summed E-state index contributed by atoms with van der Waals surface area (Å²) >= 11 is 2.28. The van der Waals surface area contributed by atoms with Crippen LogP contribution in [0.2, 0.25) is 0 Å². The second kappa shape index (κ2) is 11.8. The Morgan fingerprint density at radius 3 is 2.10 bits per heavy atom. The van der Waals surface area contributed by atoms with E-state index in [1.807, 2.05) is 0 Å². The maximum absolute atomic E-state index is 11.7. The van der Waals surface area contributed by atoms with Crippen LogP contribution in [0.3, 0.4) is 0 Å². The Morgan fingerprint density at radius 2 is 1.60 bits per heavy atom. The summed E-state index contributed by atoms with van der Waals surface area (Å²) in [6.45, 7) is 2.25. The number of hydrogen-bond acceptors (Lipinski definition) is 2. The number of halogens is 1. The molecule has 0 aromatic carbocycles. The van der Waals surface area contributed by atoms with Crippen LogP contribution >= 0.6 is 22.6 Å². The van der Waals surface area contributed by atoms with Gasteiger partial charge in [-0.2, -0.15) is 0 Å². The molecule has 0 amide bonds. The largest absolute Gasteiger partial charge is 0.451 e. The third-order valence-electron chi connectivity index (χ3n) is 4.25. The van der Waals surface area contributed by atoms with E-state index in [2.05, 4.69) is 29.5 Å². The van der Waals surface area contributed by atoms with Crippen LogP contribution in [0.1, 0.15) is 90.4 Å². The van der Waals surface area contributed by atoms with Gasteiger partial charge in [0.05, 0.1) is 0 Å². The van der Waals surface area contributed by atoms with E-state index in [0.717, 1.165) is 6.42 Å². The fourth-order valence-corrected chi connectivity index (χ4v) is 3.57. The molecule has 1 aliphatic carbocycles. The summed E-state index contributed by atoms with van der Waals surface area (Å²) in [5.74, 6) is 0.641. The third kappa shape index (κ3) is 8.48. The topological polar surface area (TPSA) is 26.3 Å². The molecule has 1 fully saturated rings. The first kappa shape index (κ1) is 18.2. The zero-order chi connectivity index (χ0) is 14.6. The molecule has 118 valence electrons. The first-order chi connectivity index (χ1) is 9.74. The van der Waals surface area contributed by atoms with Gasteiger partial charge in [-0.05, 0) is 41.9 Å². The zero-order valence-electron chi connectivity index (χ0n) is 13.0. The molecule has 1 aliphatic rings. The van der Waals surface area contributed by atoms with Crippen molar-refractivity contribution in [1.82, 2.24) is 0 Å². The molecular weight excluding hydrogens is 363 g/mol. The molecule has 0 heterocycles. The van der Waals surface area contributed by atoms with Gasteiger partial charge in [-0.1, -0.05) is 64.7 Å². The number of rotatable bonds is 12. The number of carbonyl (C=O) groups excluding carboxylic acids is 1.